The van der Waals surface area contributed by atoms with E-state index < -0.39 is 0 Å². The van der Waals surface area contributed by atoms with Crippen LogP contribution < -0.4 is 14.8 Å². The molecule has 37 heavy (non-hydrogen) atoms. The summed E-state index contributed by atoms with van der Waals surface area (Å²) in [5.41, 5.74) is 2.15. The Kier molecular flexibility index (Phi) is 9.12. The Morgan fingerprint density at radius 2 is 1.76 bits per heavy atom. The second-order valence-electron chi connectivity index (χ2n) is 7.88. The van der Waals surface area contributed by atoms with Crippen molar-refractivity contribution in [2.24, 2.45) is 0 Å². The monoisotopic (exact) mass is 648 g/mol. The predicted octanol–water partition coefficient (Wildman–Crippen LogP) is 6.60. The van der Waals surface area contributed by atoms with Crippen molar-refractivity contribution in [3.8, 4) is 11.5 Å². The standard InChI is InChI=1S/C27H22ClIN2O5S/c1-2-35-23-13-18(5-12-22(23)36-16-25(32)30-21-10-6-19(28)7-11-21)14-24-26(33)31(27(34)37-24)15-17-3-8-20(29)9-4-17/h3-14H,2,15-16H2,1H3,(H,30,32)/b24-14-. The third kappa shape index (κ3) is 7.27. The molecule has 3 amide bonds. The summed E-state index contributed by atoms with van der Waals surface area (Å²) in [6, 6.07) is 19.5. The van der Waals surface area contributed by atoms with E-state index >= 15 is 0 Å². The van der Waals surface area contributed by atoms with Crippen LogP contribution in [0, 0.1) is 3.57 Å². The summed E-state index contributed by atoms with van der Waals surface area (Å²) in [4.78, 5) is 39.3. The zero-order valence-corrected chi connectivity index (χ0v) is 23.4. The number of rotatable bonds is 9. The molecule has 0 spiro atoms. The van der Waals surface area contributed by atoms with Crippen LogP contribution in [0.1, 0.15) is 18.1 Å². The lowest BCUT2D eigenvalue weighted by atomic mass is 10.1. The normalized spacial score (nSPS) is 14.2. The molecule has 10 heteroatoms. The van der Waals surface area contributed by atoms with Gasteiger partial charge in [0.05, 0.1) is 18.1 Å². The molecule has 0 saturated carbocycles. The molecule has 1 heterocycles. The fourth-order valence-electron chi connectivity index (χ4n) is 3.44. The van der Waals surface area contributed by atoms with E-state index in [1.807, 2.05) is 31.2 Å². The van der Waals surface area contributed by atoms with Gasteiger partial charge < -0.3 is 14.8 Å². The molecule has 0 aliphatic carbocycles. The molecule has 4 rings (SSSR count). The largest absolute Gasteiger partial charge is 0.490 e. The summed E-state index contributed by atoms with van der Waals surface area (Å²) < 4.78 is 12.5. The summed E-state index contributed by atoms with van der Waals surface area (Å²) in [5.74, 6) is 0.132. The molecule has 0 bridgehead atoms. The molecule has 1 fully saturated rings. The molecule has 7 nitrogen and oxygen atoms in total. The molecule has 0 aromatic heterocycles. The van der Waals surface area contributed by atoms with Crippen molar-refractivity contribution in [2.75, 3.05) is 18.5 Å². The van der Waals surface area contributed by atoms with Gasteiger partial charge in [0.1, 0.15) is 0 Å². The Morgan fingerprint density at radius 3 is 2.46 bits per heavy atom. The average Bonchev–Trinajstić information content (AvgIpc) is 3.13. The molecule has 0 unspecified atom stereocenters. The fraction of sp³-hybridized carbons (Fsp3) is 0.148. The predicted molar refractivity (Wildman–Crippen MR) is 154 cm³/mol. The molecule has 1 aliphatic rings. The van der Waals surface area contributed by atoms with E-state index in [1.165, 1.54) is 4.90 Å². The molecule has 3 aromatic rings. The smallest absolute Gasteiger partial charge is 0.293 e. The maximum Gasteiger partial charge on any atom is 0.293 e. The Hall–Kier alpha value is -3.02. The van der Waals surface area contributed by atoms with Gasteiger partial charge in [0, 0.05) is 14.3 Å². The number of hydrogen-bond acceptors (Lipinski definition) is 6. The average molecular weight is 649 g/mol. The second-order valence-corrected chi connectivity index (χ2v) is 10.6. The molecular weight excluding hydrogens is 627 g/mol. The van der Waals surface area contributed by atoms with Crippen molar-refractivity contribution in [1.82, 2.24) is 4.90 Å². The summed E-state index contributed by atoms with van der Waals surface area (Å²) in [6.45, 7) is 2.20. The number of amides is 3. The lowest BCUT2D eigenvalue weighted by molar-refractivity contribution is -0.123. The zero-order valence-electron chi connectivity index (χ0n) is 19.7. The number of halogens is 2. The zero-order chi connectivity index (χ0) is 26.4. The van der Waals surface area contributed by atoms with Crippen molar-refractivity contribution in [2.45, 2.75) is 13.5 Å². The Labute approximate surface area is 237 Å². The van der Waals surface area contributed by atoms with Gasteiger partial charge in [0.2, 0.25) is 0 Å². The maximum absolute atomic E-state index is 12.9. The molecule has 0 radical (unpaired) electrons. The first-order valence-electron chi connectivity index (χ1n) is 11.3. The summed E-state index contributed by atoms with van der Waals surface area (Å²) in [7, 11) is 0. The number of ether oxygens (including phenoxy) is 2. The van der Waals surface area contributed by atoms with Gasteiger partial charge in [0.15, 0.2) is 18.1 Å². The summed E-state index contributed by atoms with van der Waals surface area (Å²) in [6.07, 6.45) is 1.65. The van der Waals surface area contributed by atoms with E-state index in [-0.39, 0.29) is 30.2 Å². The number of thioether (sulfide) groups is 1. The maximum atomic E-state index is 12.9. The number of imide groups is 1. The van der Waals surface area contributed by atoms with Crippen LogP contribution in [0.15, 0.2) is 71.6 Å². The number of carbonyl (C=O) groups is 3. The van der Waals surface area contributed by atoms with E-state index in [0.717, 1.165) is 20.9 Å². The van der Waals surface area contributed by atoms with Crippen LogP contribution in [0.4, 0.5) is 10.5 Å². The minimum Gasteiger partial charge on any atom is -0.490 e. The highest BCUT2D eigenvalue weighted by Crippen LogP contribution is 2.35. The van der Waals surface area contributed by atoms with Gasteiger partial charge >= 0.3 is 0 Å². The molecule has 190 valence electrons. The van der Waals surface area contributed by atoms with Gasteiger partial charge in [-0.2, -0.15) is 0 Å². The van der Waals surface area contributed by atoms with Crippen LogP contribution in [0.2, 0.25) is 5.02 Å². The Morgan fingerprint density at radius 1 is 1.03 bits per heavy atom. The van der Waals surface area contributed by atoms with Crippen molar-refractivity contribution >= 4 is 74.8 Å². The molecule has 1 N–H and O–H groups in total. The van der Waals surface area contributed by atoms with Crippen LogP contribution in [0.5, 0.6) is 11.5 Å². The van der Waals surface area contributed by atoms with Crippen molar-refractivity contribution in [3.05, 3.63) is 91.4 Å². The third-order valence-electron chi connectivity index (χ3n) is 5.18. The van der Waals surface area contributed by atoms with Crippen molar-refractivity contribution < 1.29 is 23.9 Å². The number of nitrogens with zero attached hydrogens (tertiary/aromatic N) is 1. The van der Waals surface area contributed by atoms with E-state index in [0.29, 0.717) is 39.3 Å². The number of anilines is 1. The SMILES string of the molecule is CCOc1cc(/C=C2\SC(=O)N(Cc3ccc(I)cc3)C2=O)ccc1OCC(=O)Nc1ccc(Cl)cc1. The lowest BCUT2D eigenvalue weighted by Gasteiger charge is -2.13. The quantitative estimate of drug-likeness (QED) is 0.208. The van der Waals surface area contributed by atoms with E-state index in [4.69, 9.17) is 21.1 Å². The molecule has 0 atom stereocenters. The van der Waals surface area contributed by atoms with E-state index in [1.54, 1.807) is 48.5 Å². The van der Waals surface area contributed by atoms with Crippen molar-refractivity contribution in [3.63, 3.8) is 0 Å². The van der Waals surface area contributed by atoms with Crippen LogP contribution in [-0.2, 0) is 16.1 Å². The van der Waals surface area contributed by atoms with Gasteiger partial charge in [-0.15, -0.1) is 0 Å². The van der Waals surface area contributed by atoms with Gasteiger partial charge in [-0.05, 0) is 107 Å². The van der Waals surface area contributed by atoms with E-state index in [9.17, 15) is 14.4 Å². The van der Waals surface area contributed by atoms with Crippen LogP contribution >= 0.6 is 46.0 Å². The second kappa shape index (κ2) is 12.5. The molecule has 1 saturated heterocycles. The number of nitrogens with one attached hydrogen (secondary N) is 1. The lowest BCUT2D eigenvalue weighted by Crippen LogP contribution is -2.27. The minimum atomic E-state index is -0.342. The van der Waals surface area contributed by atoms with Gasteiger partial charge in [-0.25, -0.2) is 0 Å². The van der Waals surface area contributed by atoms with Gasteiger partial charge in [-0.1, -0.05) is 29.8 Å². The van der Waals surface area contributed by atoms with Crippen LogP contribution in [-0.4, -0.2) is 35.2 Å². The first-order valence-corrected chi connectivity index (χ1v) is 13.5. The number of carbonyl (C=O) groups excluding carboxylic acids is 3. The van der Waals surface area contributed by atoms with Crippen LogP contribution in [0.3, 0.4) is 0 Å². The third-order valence-corrected chi connectivity index (χ3v) is 7.06. The summed E-state index contributed by atoms with van der Waals surface area (Å²) in [5, 5.41) is 3.00. The first kappa shape index (κ1) is 27.0. The van der Waals surface area contributed by atoms with Crippen molar-refractivity contribution in [1.29, 1.82) is 0 Å². The Bertz CT molecular complexity index is 1350. The van der Waals surface area contributed by atoms with Gasteiger partial charge in [-0.3, -0.25) is 19.3 Å². The highest BCUT2D eigenvalue weighted by atomic mass is 127. The van der Waals surface area contributed by atoms with Crippen LogP contribution in [0.25, 0.3) is 6.08 Å². The Balaban J connectivity index is 1.43. The minimum absolute atomic E-state index is 0.216. The number of benzene rings is 3. The fourth-order valence-corrected chi connectivity index (χ4v) is 4.76. The molecule has 3 aromatic carbocycles. The highest BCUT2D eigenvalue weighted by molar-refractivity contribution is 14.1. The van der Waals surface area contributed by atoms with E-state index in [2.05, 4.69) is 27.9 Å². The molecular formula is C27H22ClIN2O5S. The summed E-state index contributed by atoms with van der Waals surface area (Å²) >= 11 is 8.98. The molecule has 1 aliphatic heterocycles. The first-order chi connectivity index (χ1) is 17.8. The van der Waals surface area contributed by atoms with Gasteiger partial charge in [0.25, 0.3) is 17.1 Å². The highest BCUT2D eigenvalue weighted by Gasteiger charge is 2.35. The topological polar surface area (TPSA) is 84.9 Å². The number of hydrogen-bond donors (Lipinski definition) is 1.